The predicted octanol–water partition coefficient (Wildman–Crippen LogP) is 6.89. The van der Waals surface area contributed by atoms with Gasteiger partial charge in [-0.3, -0.25) is 4.79 Å². The van der Waals surface area contributed by atoms with E-state index in [1.165, 1.54) is 77.0 Å². The summed E-state index contributed by atoms with van der Waals surface area (Å²) < 4.78 is 0. The molecule has 2 nitrogen and oxygen atoms in total. The number of carbonyl (C=O) groups is 1. The number of unbranched alkanes of at least 4 members (excludes halogenated alkanes) is 11. The highest BCUT2D eigenvalue weighted by atomic mass is 16.2. The van der Waals surface area contributed by atoms with E-state index in [2.05, 4.69) is 32.9 Å². The van der Waals surface area contributed by atoms with Crippen LogP contribution in [0.3, 0.4) is 0 Å². The third kappa shape index (κ3) is 14.8. The van der Waals surface area contributed by atoms with Crippen molar-refractivity contribution in [1.82, 2.24) is 4.90 Å². The van der Waals surface area contributed by atoms with Crippen LogP contribution >= 0.6 is 0 Å². The number of allylic oxidation sites excluding steroid dienone is 2. The van der Waals surface area contributed by atoms with Gasteiger partial charge in [0.05, 0.1) is 0 Å². The van der Waals surface area contributed by atoms with Gasteiger partial charge < -0.3 is 4.90 Å². The summed E-state index contributed by atoms with van der Waals surface area (Å²) in [6.07, 6.45) is 22.5. The van der Waals surface area contributed by atoms with Crippen molar-refractivity contribution in [2.24, 2.45) is 0 Å². The molecule has 0 aromatic rings. The molecule has 0 aliphatic carbocycles. The second-order valence-corrected chi connectivity index (χ2v) is 6.90. The maximum Gasteiger partial charge on any atom is 0.222 e. The molecule has 0 radical (unpaired) electrons. The molecule has 0 saturated carbocycles. The number of rotatable bonds is 17. The standard InChI is InChI=1S/C22H43NO/c1-4-7-8-9-10-11-12-13-14-15-16-17-18-19-20-21-22(24)23(5-2)6-3/h13-14H,4-12,15-21H2,1-3H3/b14-13-. The van der Waals surface area contributed by atoms with E-state index >= 15 is 0 Å². The van der Waals surface area contributed by atoms with E-state index in [9.17, 15) is 4.79 Å². The zero-order valence-electron chi connectivity index (χ0n) is 16.8. The molecule has 0 aliphatic heterocycles. The van der Waals surface area contributed by atoms with Crippen LogP contribution in [0.1, 0.15) is 111 Å². The minimum absolute atomic E-state index is 0.331. The fraction of sp³-hybridized carbons (Fsp3) is 0.864. The average Bonchev–Trinajstić information content (AvgIpc) is 2.59. The zero-order chi connectivity index (χ0) is 17.9. The Morgan fingerprint density at radius 1 is 0.667 bits per heavy atom. The first-order chi connectivity index (χ1) is 11.8. The topological polar surface area (TPSA) is 20.3 Å². The summed E-state index contributed by atoms with van der Waals surface area (Å²) in [5.41, 5.74) is 0. The van der Waals surface area contributed by atoms with Crippen LogP contribution in [0.25, 0.3) is 0 Å². The van der Waals surface area contributed by atoms with E-state index < -0.39 is 0 Å². The summed E-state index contributed by atoms with van der Waals surface area (Å²) >= 11 is 0. The Morgan fingerprint density at radius 2 is 1.12 bits per heavy atom. The Hall–Kier alpha value is -0.790. The van der Waals surface area contributed by atoms with E-state index in [1.807, 2.05) is 4.90 Å². The molecule has 0 rings (SSSR count). The maximum absolute atomic E-state index is 11.9. The highest BCUT2D eigenvalue weighted by Gasteiger charge is 2.07. The normalized spacial score (nSPS) is 11.3. The van der Waals surface area contributed by atoms with Gasteiger partial charge in [-0.15, -0.1) is 0 Å². The van der Waals surface area contributed by atoms with Crippen LogP contribution in [0.15, 0.2) is 12.2 Å². The van der Waals surface area contributed by atoms with E-state index in [0.717, 1.165) is 25.9 Å². The van der Waals surface area contributed by atoms with Crippen LogP contribution in [0.4, 0.5) is 0 Å². The third-order valence-electron chi connectivity index (χ3n) is 4.77. The van der Waals surface area contributed by atoms with Crippen molar-refractivity contribution < 1.29 is 4.79 Å². The SMILES string of the molecule is CCCCCCCC/C=C\CCCCCCCC(=O)N(CC)CC. The molecule has 1 amide bonds. The van der Waals surface area contributed by atoms with E-state index in [0.29, 0.717) is 5.91 Å². The van der Waals surface area contributed by atoms with E-state index in [-0.39, 0.29) is 0 Å². The molecule has 0 bridgehead atoms. The minimum Gasteiger partial charge on any atom is -0.343 e. The van der Waals surface area contributed by atoms with Gasteiger partial charge in [-0.1, -0.05) is 70.4 Å². The van der Waals surface area contributed by atoms with Gasteiger partial charge in [0, 0.05) is 19.5 Å². The third-order valence-corrected chi connectivity index (χ3v) is 4.77. The number of hydrogen-bond acceptors (Lipinski definition) is 1. The smallest absolute Gasteiger partial charge is 0.222 e. The molecule has 0 heterocycles. The summed E-state index contributed by atoms with van der Waals surface area (Å²) in [5.74, 6) is 0.331. The van der Waals surface area contributed by atoms with Gasteiger partial charge in [0.15, 0.2) is 0 Å². The fourth-order valence-electron chi connectivity index (χ4n) is 3.08. The Bertz CT molecular complexity index is 294. The quantitative estimate of drug-likeness (QED) is 0.209. The molecule has 0 aromatic heterocycles. The van der Waals surface area contributed by atoms with Crippen molar-refractivity contribution >= 4 is 5.91 Å². The molecule has 0 aromatic carbocycles. The molecule has 0 spiro atoms. The highest BCUT2D eigenvalue weighted by molar-refractivity contribution is 5.75. The molecule has 24 heavy (non-hydrogen) atoms. The lowest BCUT2D eigenvalue weighted by Crippen LogP contribution is -2.30. The number of nitrogens with zero attached hydrogens (tertiary/aromatic N) is 1. The fourth-order valence-corrected chi connectivity index (χ4v) is 3.08. The monoisotopic (exact) mass is 337 g/mol. The van der Waals surface area contributed by atoms with Crippen molar-refractivity contribution in [3.63, 3.8) is 0 Å². The molecule has 142 valence electrons. The summed E-state index contributed by atoms with van der Waals surface area (Å²) in [7, 11) is 0. The lowest BCUT2D eigenvalue weighted by atomic mass is 10.1. The van der Waals surface area contributed by atoms with Crippen LogP contribution in [0.2, 0.25) is 0 Å². The molecule has 2 heteroatoms. The summed E-state index contributed by atoms with van der Waals surface area (Å²) in [5, 5.41) is 0. The summed E-state index contributed by atoms with van der Waals surface area (Å²) in [4.78, 5) is 13.8. The van der Waals surface area contributed by atoms with Crippen molar-refractivity contribution in [3.8, 4) is 0 Å². The Labute approximate surface area is 152 Å². The number of hydrogen-bond donors (Lipinski definition) is 0. The van der Waals surface area contributed by atoms with Gasteiger partial charge in [0.1, 0.15) is 0 Å². The molecule has 0 saturated heterocycles. The van der Waals surface area contributed by atoms with Crippen molar-refractivity contribution in [2.75, 3.05) is 13.1 Å². The lowest BCUT2D eigenvalue weighted by Gasteiger charge is -2.18. The summed E-state index contributed by atoms with van der Waals surface area (Å²) in [6, 6.07) is 0. The maximum atomic E-state index is 11.9. The van der Waals surface area contributed by atoms with Crippen molar-refractivity contribution in [3.05, 3.63) is 12.2 Å². The molecular weight excluding hydrogens is 294 g/mol. The second kappa shape index (κ2) is 18.5. The largest absolute Gasteiger partial charge is 0.343 e. The first-order valence-electron chi connectivity index (χ1n) is 10.7. The van der Waals surface area contributed by atoms with Gasteiger partial charge in [0.25, 0.3) is 0 Å². The van der Waals surface area contributed by atoms with Crippen LogP contribution in [0, 0.1) is 0 Å². The van der Waals surface area contributed by atoms with Crippen LogP contribution in [0.5, 0.6) is 0 Å². The first kappa shape index (κ1) is 23.2. The molecule has 0 fully saturated rings. The van der Waals surface area contributed by atoms with Gasteiger partial charge in [-0.05, 0) is 46.0 Å². The molecule has 0 unspecified atom stereocenters. The number of carbonyl (C=O) groups excluding carboxylic acids is 1. The first-order valence-corrected chi connectivity index (χ1v) is 10.7. The molecule has 0 atom stereocenters. The van der Waals surface area contributed by atoms with Crippen molar-refractivity contribution in [2.45, 2.75) is 111 Å². The van der Waals surface area contributed by atoms with Gasteiger partial charge in [-0.2, -0.15) is 0 Å². The van der Waals surface area contributed by atoms with E-state index in [1.54, 1.807) is 0 Å². The van der Waals surface area contributed by atoms with Crippen molar-refractivity contribution in [1.29, 1.82) is 0 Å². The Kier molecular flexibility index (Phi) is 17.9. The van der Waals surface area contributed by atoms with Crippen LogP contribution in [-0.2, 0) is 4.79 Å². The van der Waals surface area contributed by atoms with E-state index in [4.69, 9.17) is 0 Å². The lowest BCUT2D eigenvalue weighted by molar-refractivity contribution is -0.130. The molecule has 0 aliphatic rings. The van der Waals surface area contributed by atoms with Crippen LogP contribution < -0.4 is 0 Å². The van der Waals surface area contributed by atoms with Gasteiger partial charge >= 0.3 is 0 Å². The second-order valence-electron chi connectivity index (χ2n) is 6.90. The van der Waals surface area contributed by atoms with Gasteiger partial charge in [0.2, 0.25) is 5.91 Å². The minimum atomic E-state index is 0.331. The predicted molar refractivity (Wildman–Crippen MR) is 107 cm³/mol. The highest BCUT2D eigenvalue weighted by Crippen LogP contribution is 2.10. The Balaban J connectivity index is 3.27. The average molecular weight is 338 g/mol. The molecule has 0 N–H and O–H groups in total. The summed E-state index contributed by atoms with van der Waals surface area (Å²) in [6.45, 7) is 8.08. The zero-order valence-corrected chi connectivity index (χ0v) is 16.8. The van der Waals surface area contributed by atoms with Gasteiger partial charge in [-0.25, -0.2) is 0 Å². The number of amides is 1. The Morgan fingerprint density at radius 3 is 1.62 bits per heavy atom. The molecular formula is C22H43NO. The van der Waals surface area contributed by atoms with Crippen LogP contribution in [-0.4, -0.2) is 23.9 Å².